The molecule has 0 fully saturated rings. The fraction of sp³-hybridized carbons (Fsp3) is 0.158. The van der Waals surface area contributed by atoms with Gasteiger partial charge in [0, 0.05) is 21.0 Å². The van der Waals surface area contributed by atoms with Crippen molar-refractivity contribution in [1.29, 1.82) is 0 Å². The fourth-order valence-electron chi connectivity index (χ4n) is 2.43. The van der Waals surface area contributed by atoms with Crippen LogP contribution in [0.15, 0.2) is 51.4 Å². The van der Waals surface area contributed by atoms with E-state index >= 15 is 0 Å². The number of methoxy groups -OCH3 is 3. The molecular formula is C19H18BrN3O3S. The first-order chi connectivity index (χ1) is 13.1. The maximum Gasteiger partial charge on any atom is 0.203 e. The quantitative estimate of drug-likeness (QED) is 0.405. The van der Waals surface area contributed by atoms with Crippen molar-refractivity contribution in [2.24, 2.45) is 5.10 Å². The van der Waals surface area contributed by atoms with Crippen molar-refractivity contribution in [2.75, 3.05) is 26.8 Å². The van der Waals surface area contributed by atoms with Crippen LogP contribution in [0.1, 0.15) is 5.56 Å². The average Bonchev–Trinajstić information content (AvgIpc) is 3.16. The van der Waals surface area contributed by atoms with Gasteiger partial charge in [0.15, 0.2) is 11.5 Å². The van der Waals surface area contributed by atoms with Gasteiger partial charge in [-0.15, -0.1) is 11.3 Å². The van der Waals surface area contributed by atoms with E-state index < -0.39 is 0 Å². The van der Waals surface area contributed by atoms with E-state index in [1.807, 2.05) is 41.8 Å². The van der Waals surface area contributed by atoms with Crippen LogP contribution >= 0.6 is 27.3 Å². The highest BCUT2D eigenvalue weighted by molar-refractivity contribution is 9.10. The summed E-state index contributed by atoms with van der Waals surface area (Å²) in [4.78, 5) is 4.55. The van der Waals surface area contributed by atoms with Crippen molar-refractivity contribution in [1.82, 2.24) is 4.98 Å². The Morgan fingerprint density at radius 2 is 1.85 bits per heavy atom. The van der Waals surface area contributed by atoms with Crippen molar-refractivity contribution in [2.45, 2.75) is 0 Å². The van der Waals surface area contributed by atoms with Crippen molar-refractivity contribution in [3.8, 4) is 28.5 Å². The molecule has 0 saturated carbocycles. The molecule has 1 heterocycles. The number of halogens is 1. The second-order valence-corrected chi connectivity index (χ2v) is 7.14. The zero-order valence-electron chi connectivity index (χ0n) is 15.0. The Hall–Kier alpha value is -2.58. The molecule has 6 nitrogen and oxygen atoms in total. The predicted octanol–water partition coefficient (Wildman–Crippen LogP) is 5.04. The molecule has 0 bridgehead atoms. The lowest BCUT2D eigenvalue weighted by Crippen LogP contribution is -1.97. The number of ether oxygens (including phenoxy) is 3. The van der Waals surface area contributed by atoms with Gasteiger partial charge < -0.3 is 14.2 Å². The third-order valence-corrected chi connectivity index (χ3v) is 4.93. The molecule has 2 aromatic carbocycles. The molecule has 8 heteroatoms. The average molecular weight is 448 g/mol. The number of nitrogens with zero attached hydrogens (tertiary/aromatic N) is 2. The molecule has 0 radical (unpaired) electrons. The smallest absolute Gasteiger partial charge is 0.203 e. The second kappa shape index (κ2) is 8.88. The number of anilines is 1. The summed E-state index contributed by atoms with van der Waals surface area (Å²) >= 11 is 4.93. The number of nitrogens with one attached hydrogen (secondary N) is 1. The number of rotatable bonds is 7. The Morgan fingerprint density at radius 1 is 1.07 bits per heavy atom. The molecule has 3 aromatic rings. The Balaban J connectivity index is 1.74. The SMILES string of the molecule is COc1ccc(-c2csc(N/N=C\c3cc(Br)cc(OC)c3OC)n2)cc1. The van der Waals surface area contributed by atoms with Gasteiger partial charge in [-0.2, -0.15) is 5.10 Å². The van der Waals surface area contributed by atoms with Gasteiger partial charge >= 0.3 is 0 Å². The van der Waals surface area contributed by atoms with E-state index in [1.54, 1.807) is 27.5 Å². The lowest BCUT2D eigenvalue weighted by atomic mass is 10.2. The van der Waals surface area contributed by atoms with Gasteiger partial charge in [-0.1, -0.05) is 15.9 Å². The first-order valence-corrected chi connectivity index (χ1v) is 9.62. The molecule has 0 unspecified atom stereocenters. The van der Waals surface area contributed by atoms with Crippen molar-refractivity contribution >= 4 is 38.6 Å². The van der Waals surface area contributed by atoms with Gasteiger partial charge in [0.1, 0.15) is 5.75 Å². The minimum atomic E-state index is 0.615. The van der Waals surface area contributed by atoms with E-state index in [1.165, 1.54) is 11.3 Å². The number of benzene rings is 2. The largest absolute Gasteiger partial charge is 0.497 e. The van der Waals surface area contributed by atoms with E-state index in [9.17, 15) is 0 Å². The monoisotopic (exact) mass is 447 g/mol. The molecule has 0 amide bonds. The maximum absolute atomic E-state index is 5.42. The zero-order chi connectivity index (χ0) is 19.2. The summed E-state index contributed by atoms with van der Waals surface area (Å²) in [5.74, 6) is 2.06. The van der Waals surface area contributed by atoms with Gasteiger partial charge in [-0.05, 0) is 36.4 Å². The molecule has 140 valence electrons. The lowest BCUT2D eigenvalue weighted by Gasteiger charge is -2.10. The summed E-state index contributed by atoms with van der Waals surface area (Å²) in [6.45, 7) is 0. The van der Waals surface area contributed by atoms with Crippen molar-refractivity contribution in [3.63, 3.8) is 0 Å². The molecule has 3 rings (SSSR count). The van der Waals surface area contributed by atoms with Gasteiger partial charge in [-0.3, -0.25) is 5.43 Å². The number of aromatic nitrogens is 1. The van der Waals surface area contributed by atoms with Crippen LogP contribution in [-0.2, 0) is 0 Å². The summed E-state index contributed by atoms with van der Waals surface area (Å²) in [6, 6.07) is 11.5. The van der Waals surface area contributed by atoms with Crippen LogP contribution in [0.4, 0.5) is 5.13 Å². The molecule has 0 atom stereocenters. The van der Waals surface area contributed by atoms with E-state index in [2.05, 4.69) is 31.4 Å². The number of hydrogen-bond acceptors (Lipinski definition) is 7. The Kier molecular flexibility index (Phi) is 6.31. The van der Waals surface area contributed by atoms with Crippen LogP contribution < -0.4 is 19.6 Å². The highest BCUT2D eigenvalue weighted by Crippen LogP contribution is 2.33. The van der Waals surface area contributed by atoms with E-state index in [0.29, 0.717) is 16.6 Å². The van der Waals surface area contributed by atoms with Crippen molar-refractivity contribution < 1.29 is 14.2 Å². The molecule has 0 aliphatic carbocycles. The molecule has 0 spiro atoms. The zero-order valence-corrected chi connectivity index (χ0v) is 17.4. The van der Waals surface area contributed by atoms with Gasteiger partial charge in [-0.25, -0.2) is 4.98 Å². The Bertz CT molecular complexity index is 942. The number of hydrazone groups is 1. The van der Waals surface area contributed by atoms with Crippen LogP contribution in [0.5, 0.6) is 17.2 Å². The molecule has 1 N–H and O–H groups in total. The van der Waals surface area contributed by atoms with Gasteiger partial charge in [0.05, 0.1) is 33.2 Å². The Labute approximate surface area is 169 Å². The summed E-state index contributed by atoms with van der Waals surface area (Å²) in [7, 11) is 4.84. The number of thiazole rings is 1. The summed E-state index contributed by atoms with van der Waals surface area (Å²) in [5.41, 5.74) is 5.63. The summed E-state index contributed by atoms with van der Waals surface area (Å²) in [5, 5.41) is 6.94. The highest BCUT2D eigenvalue weighted by Gasteiger charge is 2.10. The maximum atomic E-state index is 5.42. The van der Waals surface area contributed by atoms with E-state index in [4.69, 9.17) is 14.2 Å². The third-order valence-electron chi connectivity index (χ3n) is 3.73. The number of hydrogen-bond donors (Lipinski definition) is 1. The fourth-order valence-corrected chi connectivity index (χ4v) is 3.55. The van der Waals surface area contributed by atoms with Gasteiger partial charge in [0.25, 0.3) is 0 Å². The molecular weight excluding hydrogens is 430 g/mol. The molecule has 0 aliphatic heterocycles. The van der Waals surface area contributed by atoms with Crippen LogP contribution in [0, 0.1) is 0 Å². The molecule has 0 aliphatic rings. The van der Waals surface area contributed by atoms with Crippen LogP contribution in [0.25, 0.3) is 11.3 Å². The lowest BCUT2D eigenvalue weighted by molar-refractivity contribution is 0.354. The predicted molar refractivity (Wildman–Crippen MR) is 113 cm³/mol. The molecule has 0 saturated heterocycles. The minimum Gasteiger partial charge on any atom is -0.497 e. The highest BCUT2D eigenvalue weighted by atomic mass is 79.9. The Morgan fingerprint density at radius 3 is 2.52 bits per heavy atom. The van der Waals surface area contributed by atoms with E-state index in [0.717, 1.165) is 27.0 Å². The van der Waals surface area contributed by atoms with Crippen LogP contribution in [0.3, 0.4) is 0 Å². The minimum absolute atomic E-state index is 0.615. The first-order valence-electron chi connectivity index (χ1n) is 7.95. The van der Waals surface area contributed by atoms with E-state index in [-0.39, 0.29) is 0 Å². The summed E-state index contributed by atoms with van der Waals surface area (Å²) < 4.78 is 16.8. The van der Waals surface area contributed by atoms with Crippen LogP contribution in [-0.4, -0.2) is 32.5 Å². The summed E-state index contributed by atoms with van der Waals surface area (Å²) in [6.07, 6.45) is 1.67. The standard InChI is InChI=1S/C19H18BrN3O3S/c1-24-15-6-4-12(5-7-15)16-11-27-19(22-16)23-21-10-13-8-14(20)9-17(25-2)18(13)26-3/h4-11H,1-3H3,(H,22,23)/b21-10-. The van der Waals surface area contributed by atoms with Crippen molar-refractivity contribution in [3.05, 3.63) is 51.8 Å². The van der Waals surface area contributed by atoms with Crippen LogP contribution in [0.2, 0.25) is 0 Å². The molecule has 27 heavy (non-hydrogen) atoms. The first kappa shape index (κ1) is 19.2. The normalized spacial score (nSPS) is 10.8. The van der Waals surface area contributed by atoms with Gasteiger partial charge in [0.2, 0.25) is 5.13 Å². The third kappa shape index (κ3) is 4.58. The molecule has 1 aromatic heterocycles. The topological polar surface area (TPSA) is 65.0 Å². The second-order valence-electron chi connectivity index (χ2n) is 5.37.